The number of halogens is 1. The van der Waals surface area contributed by atoms with Crippen LogP contribution in [0.25, 0.3) is 0 Å². The third kappa shape index (κ3) is 7.63. The first-order valence-corrected chi connectivity index (χ1v) is 9.09. The lowest BCUT2D eigenvalue weighted by molar-refractivity contribution is -0.149. The maximum Gasteiger partial charge on any atom is 0.306 e. The maximum atomic E-state index is 11.9. The van der Waals surface area contributed by atoms with Crippen molar-refractivity contribution in [1.82, 2.24) is 10.9 Å². The van der Waals surface area contributed by atoms with Crippen molar-refractivity contribution in [2.75, 3.05) is 11.9 Å². The second-order valence-electron chi connectivity index (χ2n) is 6.06. The van der Waals surface area contributed by atoms with E-state index in [0.29, 0.717) is 5.69 Å². The van der Waals surface area contributed by atoms with Gasteiger partial charge in [-0.2, -0.15) is 0 Å². The number of ether oxygens (including phenoxy) is 1. The van der Waals surface area contributed by atoms with Crippen LogP contribution < -0.4 is 16.2 Å². The second-order valence-corrected chi connectivity index (χ2v) is 6.47. The quantitative estimate of drug-likeness (QED) is 0.472. The molecule has 0 bridgehead atoms. The van der Waals surface area contributed by atoms with Crippen molar-refractivity contribution in [1.29, 1.82) is 0 Å². The summed E-state index contributed by atoms with van der Waals surface area (Å²) in [7, 11) is 0. The highest BCUT2D eigenvalue weighted by Crippen LogP contribution is 2.14. The molecule has 3 N–H and O–H groups in total. The number of nitrogens with one attached hydrogen (secondary N) is 3. The highest BCUT2D eigenvalue weighted by Gasteiger charge is 2.13. The Morgan fingerprint density at radius 1 is 0.931 bits per heavy atom. The van der Waals surface area contributed by atoms with E-state index in [2.05, 4.69) is 16.2 Å². The van der Waals surface area contributed by atoms with Crippen LogP contribution in [0.5, 0.6) is 0 Å². The summed E-state index contributed by atoms with van der Waals surface area (Å²) in [6.07, 6.45) is -0.269. The molecule has 0 aliphatic carbocycles. The zero-order valence-electron chi connectivity index (χ0n) is 15.7. The van der Waals surface area contributed by atoms with Crippen LogP contribution in [0.15, 0.2) is 48.5 Å². The minimum atomic E-state index is -0.733. The molecule has 0 saturated heterocycles. The highest BCUT2D eigenvalue weighted by atomic mass is 35.5. The Labute approximate surface area is 172 Å². The summed E-state index contributed by atoms with van der Waals surface area (Å²) in [5.41, 5.74) is 6.10. The van der Waals surface area contributed by atoms with Crippen molar-refractivity contribution in [2.24, 2.45) is 0 Å². The van der Waals surface area contributed by atoms with E-state index in [0.717, 1.165) is 5.56 Å². The lowest BCUT2D eigenvalue weighted by atomic mass is 10.2. The molecule has 0 fully saturated rings. The Balaban J connectivity index is 1.65. The Kier molecular flexibility index (Phi) is 8.17. The summed E-state index contributed by atoms with van der Waals surface area (Å²) in [6, 6.07) is 13.6. The number of rotatable bonds is 7. The van der Waals surface area contributed by atoms with Crippen molar-refractivity contribution in [3.8, 4) is 0 Å². The molecule has 8 nitrogen and oxygen atoms in total. The van der Waals surface area contributed by atoms with Gasteiger partial charge in [-0.25, -0.2) is 0 Å². The second kappa shape index (κ2) is 10.8. The van der Waals surface area contributed by atoms with E-state index in [1.54, 1.807) is 24.3 Å². The van der Waals surface area contributed by atoms with Gasteiger partial charge in [0.2, 0.25) is 5.91 Å². The first-order chi connectivity index (χ1) is 13.8. The van der Waals surface area contributed by atoms with Gasteiger partial charge in [0.25, 0.3) is 11.8 Å². The Morgan fingerprint density at radius 2 is 1.69 bits per heavy atom. The van der Waals surface area contributed by atoms with Crippen LogP contribution in [-0.2, 0) is 19.1 Å². The fourth-order valence-corrected chi connectivity index (χ4v) is 2.48. The van der Waals surface area contributed by atoms with E-state index < -0.39 is 24.4 Å². The van der Waals surface area contributed by atoms with E-state index >= 15 is 0 Å². The van der Waals surface area contributed by atoms with Gasteiger partial charge in [0.05, 0.1) is 17.0 Å². The fourth-order valence-electron chi connectivity index (χ4n) is 2.26. The zero-order valence-corrected chi connectivity index (χ0v) is 16.4. The maximum absolute atomic E-state index is 11.9. The fraction of sp³-hybridized carbons (Fsp3) is 0.200. The van der Waals surface area contributed by atoms with Crippen LogP contribution in [0.3, 0.4) is 0 Å². The largest absolute Gasteiger partial charge is 0.455 e. The van der Waals surface area contributed by atoms with Crippen LogP contribution in [0.1, 0.15) is 28.8 Å². The lowest BCUT2D eigenvalue weighted by Crippen LogP contribution is -2.43. The summed E-state index contributed by atoms with van der Waals surface area (Å²) >= 11 is 5.88. The Hall–Kier alpha value is -3.39. The average Bonchev–Trinajstić information content (AvgIpc) is 2.69. The molecule has 0 atom stereocenters. The van der Waals surface area contributed by atoms with Crippen LogP contribution in [0, 0.1) is 6.92 Å². The molecule has 0 aliphatic rings. The molecule has 0 aromatic heterocycles. The monoisotopic (exact) mass is 417 g/mol. The van der Waals surface area contributed by atoms with Gasteiger partial charge in [0, 0.05) is 12.1 Å². The molecular formula is C20H20ClN3O5. The van der Waals surface area contributed by atoms with Crippen LogP contribution in [0.2, 0.25) is 5.02 Å². The zero-order chi connectivity index (χ0) is 21.2. The topological polar surface area (TPSA) is 114 Å². The number of aryl methyl sites for hydroxylation is 1. The molecule has 0 spiro atoms. The molecule has 9 heteroatoms. The van der Waals surface area contributed by atoms with Gasteiger partial charge in [0.1, 0.15) is 0 Å². The van der Waals surface area contributed by atoms with Gasteiger partial charge in [0.15, 0.2) is 6.61 Å². The smallest absolute Gasteiger partial charge is 0.306 e. The highest BCUT2D eigenvalue weighted by molar-refractivity contribution is 6.33. The van der Waals surface area contributed by atoms with Gasteiger partial charge in [-0.05, 0) is 36.8 Å². The normalized spacial score (nSPS) is 10.0. The third-order valence-electron chi connectivity index (χ3n) is 3.66. The van der Waals surface area contributed by atoms with Crippen molar-refractivity contribution < 1.29 is 23.9 Å². The predicted octanol–water partition coefficient (Wildman–Crippen LogP) is 2.37. The SMILES string of the molecule is Cc1cccc(NC(=O)CCC(=O)OCC(=O)NNC(=O)c2ccccc2Cl)c1. The van der Waals surface area contributed by atoms with Crippen LogP contribution >= 0.6 is 11.6 Å². The number of hydrogen-bond acceptors (Lipinski definition) is 5. The number of amides is 3. The van der Waals surface area contributed by atoms with E-state index in [9.17, 15) is 19.2 Å². The van der Waals surface area contributed by atoms with Gasteiger partial charge < -0.3 is 10.1 Å². The van der Waals surface area contributed by atoms with E-state index in [1.807, 2.05) is 19.1 Å². The van der Waals surface area contributed by atoms with Crippen LogP contribution in [-0.4, -0.2) is 30.3 Å². The molecular weight excluding hydrogens is 398 g/mol. The van der Waals surface area contributed by atoms with E-state index in [4.69, 9.17) is 16.3 Å². The number of carbonyl (C=O) groups is 4. The number of carbonyl (C=O) groups excluding carboxylic acids is 4. The lowest BCUT2D eigenvalue weighted by Gasteiger charge is -2.09. The number of hydrogen-bond donors (Lipinski definition) is 3. The van der Waals surface area contributed by atoms with Crippen molar-refractivity contribution in [2.45, 2.75) is 19.8 Å². The van der Waals surface area contributed by atoms with Gasteiger partial charge in [-0.1, -0.05) is 35.9 Å². The summed E-state index contributed by atoms with van der Waals surface area (Å²) in [4.78, 5) is 47.1. The molecule has 0 aliphatic heterocycles. The molecule has 2 aromatic rings. The summed E-state index contributed by atoms with van der Waals surface area (Å²) < 4.78 is 4.78. The third-order valence-corrected chi connectivity index (χ3v) is 3.99. The minimum Gasteiger partial charge on any atom is -0.455 e. The van der Waals surface area contributed by atoms with Gasteiger partial charge in [-0.3, -0.25) is 30.0 Å². The van der Waals surface area contributed by atoms with E-state index in [-0.39, 0.29) is 29.3 Å². The van der Waals surface area contributed by atoms with Crippen molar-refractivity contribution in [3.05, 3.63) is 64.7 Å². The first kappa shape index (κ1) is 21.9. The van der Waals surface area contributed by atoms with Gasteiger partial charge in [-0.15, -0.1) is 0 Å². The molecule has 0 unspecified atom stereocenters. The molecule has 2 aromatic carbocycles. The molecule has 0 radical (unpaired) electrons. The van der Waals surface area contributed by atoms with Crippen molar-refractivity contribution in [3.63, 3.8) is 0 Å². The summed E-state index contributed by atoms with van der Waals surface area (Å²) in [5, 5.41) is 2.90. The summed E-state index contributed by atoms with van der Waals surface area (Å²) in [6.45, 7) is 1.30. The van der Waals surface area contributed by atoms with Gasteiger partial charge >= 0.3 is 5.97 Å². The molecule has 0 saturated carbocycles. The Morgan fingerprint density at radius 3 is 2.41 bits per heavy atom. The predicted molar refractivity (Wildman–Crippen MR) is 107 cm³/mol. The molecule has 0 heterocycles. The summed E-state index contributed by atoms with van der Waals surface area (Å²) in [5.74, 6) is -2.40. The molecule has 152 valence electrons. The number of hydrazine groups is 1. The molecule has 3 amide bonds. The number of benzene rings is 2. The van der Waals surface area contributed by atoms with Crippen molar-refractivity contribution >= 4 is 41.0 Å². The average molecular weight is 418 g/mol. The van der Waals surface area contributed by atoms with Crippen LogP contribution in [0.4, 0.5) is 5.69 Å². The molecule has 29 heavy (non-hydrogen) atoms. The number of anilines is 1. The minimum absolute atomic E-state index is 0.0857. The molecule has 2 rings (SSSR count). The Bertz CT molecular complexity index is 916. The first-order valence-electron chi connectivity index (χ1n) is 8.71. The van der Waals surface area contributed by atoms with E-state index in [1.165, 1.54) is 12.1 Å². The standard InChI is InChI=1S/C20H20ClN3O5/c1-13-5-4-6-14(11-13)22-17(25)9-10-19(27)29-12-18(26)23-24-20(28)15-7-2-3-8-16(15)21/h2-8,11H,9-10,12H2,1H3,(H,22,25)(H,23,26)(H,24,28). The number of esters is 1.